The summed E-state index contributed by atoms with van der Waals surface area (Å²) in [6.45, 7) is 38.5. The molecular weight excluding hydrogens is 1160 g/mol. The third kappa shape index (κ3) is 10.8. The standard InChI is InChI=1S/C73H80N5O.Pt/c1-43(2)56-37-49(47-26-20-18-21-27-47)38-57(44(3)4)65(56)77-63-32-24-30-55(64(63)76-69(77)60-41-54(72(12,13)14)42-61(67(60)79)73(15,16)17)51-34-52(36-53(35-51)71(9,10)11)68-75-62-31-25-33-74-70(62)78(68)66-58(45(5)6)39-50(40-59(66)46(7)8)48-28-22-19-23-29-48;/h18-33,35-46,79H,1-17H3;/q-1;. The smallest absolute Gasteiger partial charge is 0.157 e. The second-order valence-corrected chi connectivity index (χ2v) is 26.3. The number of imidazole rings is 2. The summed E-state index contributed by atoms with van der Waals surface area (Å²) in [7, 11) is 0. The van der Waals surface area contributed by atoms with Crippen molar-refractivity contribution >= 4 is 22.2 Å². The average Bonchev–Trinajstić information content (AvgIpc) is 4.05. The molecule has 0 unspecified atom stereocenters. The van der Waals surface area contributed by atoms with Crippen molar-refractivity contribution < 1.29 is 26.2 Å². The molecule has 414 valence electrons. The number of benzene rings is 7. The number of hydrogen-bond donors (Lipinski definition) is 1. The summed E-state index contributed by atoms with van der Waals surface area (Å²) in [4.78, 5) is 16.5. The molecule has 0 atom stereocenters. The number of pyridine rings is 1. The van der Waals surface area contributed by atoms with Crippen LogP contribution in [-0.2, 0) is 37.3 Å². The van der Waals surface area contributed by atoms with Crippen LogP contribution in [0.15, 0.2) is 146 Å². The third-order valence-electron chi connectivity index (χ3n) is 15.9. The van der Waals surface area contributed by atoms with Crippen LogP contribution in [0, 0.1) is 6.07 Å². The zero-order chi connectivity index (χ0) is 56.6. The summed E-state index contributed by atoms with van der Waals surface area (Å²) in [5, 5.41) is 12.9. The largest absolute Gasteiger partial charge is 0.507 e. The summed E-state index contributed by atoms with van der Waals surface area (Å²) < 4.78 is 4.70. The Kier molecular flexibility index (Phi) is 15.8. The van der Waals surface area contributed by atoms with Gasteiger partial charge >= 0.3 is 0 Å². The molecule has 0 radical (unpaired) electrons. The first-order valence-electron chi connectivity index (χ1n) is 28.6. The number of para-hydroxylation sites is 1. The minimum Gasteiger partial charge on any atom is -0.507 e. The van der Waals surface area contributed by atoms with Gasteiger partial charge in [0.15, 0.2) is 5.65 Å². The predicted octanol–water partition coefficient (Wildman–Crippen LogP) is 20.0. The molecule has 0 amide bonds. The first kappa shape index (κ1) is 57.8. The maximum absolute atomic E-state index is 12.9. The molecule has 80 heavy (non-hydrogen) atoms. The van der Waals surface area contributed by atoms with Crippen molar-refractivity contribution in [1.29, 1.82) is 0 Å². The fourth-order valence-electron chi connectivity index (χ4n) is 11.3. The fraction of sp³-hybridized carbons (Fsp3) is 0.329. The molecule has 0 aliphatic heterocycles. The first-order chi connectivity index (χ1) is 37.3. The van der Waals surface area contributed by atoms with Crippen molar-refractivity contribution in [2.45, 2.75) is 158 Å². The van der Waals surface area contributed by atoms with Crippen LogP contribution in [0.4, 0.5) is 0 Å². The number of phenols is 1. The van der Waals surface area contributed by atoms with E-state index in [1.54, 1.807) is 0 Å². The maximum atomic E-state index is 12.9. The molecule has 0 spiro atoms. The quantitative estimate of drug-likeness (QED) is 0.131. The summed E-state index contributed by atoms with van der Waals surface area (Å²) in [5.41, 5.74) is 21.1. The van der Waals surface area contributed by atoms with E-state index in [-0.39, 0.29) is 66.7 Å². The molecule has 3 heterocycles. The van der Waals surface area contributed by atoms with Gasteiger partial charge in [-0.15, -0.1) is 29.3 Å². The zero-order valence-electron chi connectivity index (χ0n) is 50.2. The zero-order valence-corrected chi connectivity index (χ0v) is 52.4. The summed E-state index contributed by atoms with van der Waals surface area (Å²) in [6, 6.07) is 54.6. The molecule has 0 aliphatic rings. The molecule has 7 aromatic carbocycles. The second kappa shape index (κ2) is 21.9. The van der Waals surface area contributed by atoms with Gasteiger partial charge in [-0.2, -0.15) is 0 Å². The van der Waals surface area contributed by atoms with Gasteiger partial charge in [0.2, 0.25) is 0 Å². The number of aromatic nitrogens is 5. The number of aromatic hydroxyl groups is 1. The van der Waals surface area contributed by atoms with Crippen molar-refractivity contribution in [3.8, 4) is 73.3 Å². The minimum absolute atomic E-state index is 0. The van der Waals surface area contributed by atoms with E-state index in [0.717, 1.165) is 72.8 Å². The van der Waals surface area contributed by atoms with E-state index >= 15 is 0 Å². The van der Waals surface area contributed by atoms with E-state index in [0.29, 0.717) is 11.4 Å². The first-order valence-corrected chi connectivity index (χ1v) is 28.6. The Bertz CT molecular complexity index is 3850. The Hall–Kier alpha value is -6.88. The molecule has 10 aromatic rings. The van der Waals surface area contributed by atoms with Gasteiger partial charge in [0.1, 0.15) is 11.6 Å². The van der Waals surface area contributed by atoms with Gasteiger partial charge < -0.3 is 9.67 Å². The number of rotatable bonds is 11. The predicted molar refractivity (Wildman–Crippen MR) is 334 cm³/mol. The van der Waals surface area contributed by atoms with Gasteiger partial charge in [0, 0.05) is 38.5 Å². The van der Waals surface area contributed by atoms with Gasteiger partial charge in [-0.1, -0.05) is 208 Å². The van der Waals surface area contributed by atoms with Crippen LogP contribution in [0.25, 0.3) is 89.7 Å². The van der Waals surface area contributed by atoms with Gasteiger partial charge in [0.25, 0.3) is 0 Å². The Morgan fingerprint density at radius 1 is 0.450 bits per heavy atom. The molecule has 3 aromatic heterocycles. The molecule has 10 rings (SSSR count). The summed E-state index contributed by atoms with van der Waals surface area (Å²) >= 11 is 0. The Morgan fingerprint density at radius 3 is 1.43 bits per heavy atom. The van der Waals surface area contributed by atoms with E-state index in [1.165, 1.54) is 44.5 Å². The molecule has 0 aliphatic carbocycles. The number of phenolic OH excluding ortho intramolecular Hbond substituents is 1. The maximum Gasteiger partial charge on any atom is 0.157 e. The van der Waals surface area contributed by atoms with Gasteiger partial charge in [-0.25, -0.2) is 9.97 Å². The van der Waals surface area contributed by atoms with E-state index in [2.05, 4.69) is 266 Å². The SMILES string of the molecule is CC(C)c1cc(-c2ccccc2)cc(C(C)C)c1-n1c(-c2cc(C(C)(C)C)cc(C(C)(C)C)c2O)nc2c(-c3[c-]c(-c4nc5cccnc5n4-c4c(C(C)C)cc(-c5ccccc5)cc4C(C)C)cc(C(C)(C)C)c3)cccc21.[Pt]. The van der Waals surface area contributed by atoms with Gasteiger partial charge in [0.05, 0.1) is 33.6 Å². The van der Waals surface area contributed by atoms with E-state index < -0.39 is 0 Å². The topological polar surface area (TPSA) is 68.8 Å². The van der Waals surface area contributed by atoms with Crippen molar-refractivity contribution in [2.24, 2.45) is 0 Å². The molecule has 0 bridgehead atoms. The van der Waals surface area contributed by atoms with Crippen LogP contribution in [0.2, 0.25) is 0 Å². The van der Waals surface area contributed by atoms with Crippen LogP contribution >= 0.6 is 0 Å². The van der Waals surface area contributed by atoms with E-state index in [4.69, 9.17) is 15.0 Å². The van der Waals surface area contributed by atoms with Gasteiger partial charge in [-0.05, 0) is 139 Å². The summed E-state index contributed by atoms with van der Waals surface area (Å²) in [6.07, 6.45) is 1.88. The molecule has 0 saturated carbocycles. The van der Waals surface area contributed by atoms with Gasteiger partial charge in [-0.3, -0.25) is 9.55 Å². The van der Waals surface area contributed by atoms with Crippen molar-refractivity contribution in [3.63, 3.8) is 0 Å². The minimum atomic E-state index is -0.355. The number of nitrogens with zero attached hydrogens (tertiary/aromatic N) is 5. The van der Waals surface area contributed by atoms with Crippen LogP contribution in [0.3, 0.4) is 0 Å². The molecule has 1 N–H and O–H groups in total. The van der Waals surface area contributed by atoms with Crippen LogP contribution < -0.4 is 0 Å². The van der Waals surface area contributed by atoms with E-state index in [9.17, 15) is 5.11 Å². The summed E-state index contributed by atoms with van der Waals surface area (Å²) in [5.74, 6) is 2.44. The number of hydrogen-bond acceptors (Lipinski definition) is 4. The normalized spacial score (nSPS) is 12.5. The molecule has 7 heteroatoms. The van der Waals surface area contributed by atoms with Crippen LogP contribution in [-0.4, -0.2) is 29.2 Å². The Labute approximate surface area is 491 Å². The van der Waals surface area contributed by atoms with Crippen LogP contribution in [0.5, 0.6) is 5.75 Å². The Morgan fingerprint density at radius 2 is 0.938 bits per heavy atom. The van der Waals surface area contributed by atoms with E-state index in [1.807, 2.05) is 12.3 Å². The van der Waals surface area contributed by atoms with Crippen molar-refractivity contribution in [1.82, 2.24) is 24.1 Å². The molecule has 0 fully saturated rings. The second-order valence-electron chi connectivity index (χ2n) is 26.3. The molecule has 0 saturated heterocycles. The molecule has 6 nitrogen and oxygen atoms in total. The fourth-order valence-corrected chi connectivity index (χ4v) is 11.3. The van der Waals surface area contributed by atoms with Crippen LogP contribution in [0.1, 0.15) is 180 Å². The Balaban J connectivity index is 0.00000774. The number of fused-ring (bicyclic) bond motifs is 2. The monoisotopic (exact) mass is 1240 g/mol. The average molecular weight is 1240 g/mol. The third-order valence-corrected chi connectivity index (χ3v) is 15.9. The molecular formula is C73H80N5OPt-. The van der Waals surface area contributed by atoms with Crippen molar-refractivity contribution in [3.05, 3.63) is 191 Å². The van der Waals surface area contributed by atoms with Crippen molar-refractivity contribution in [2.75, 3.05) is 0 Å².